The lowest BCUT2D eigenvalue weighted by Crippen LogP contribution is -2.37. The number of hydrogen-bond donors (Lipinski definition) is 1. The number of carbonyl (C=O) groups excluding carboxylic acids is 2. The molecule has 39 heavy (non-hydrogen) atoms. The molecule has 7 nitrogen and oxygen atoms in total. The van der Waals surface area contributed by atoms with Crippen LogP contribution < -0.4 is 14.8 Å². The Hall–Kier alpha value is -3.48. The van der Waals surface area contributed by atoms with Crippen LogP contribution in [0.1, 0.15) is 71.4 Å². The number of hydrogen-bond acceptors (Lipinski definition) is 7. The molecule has 3 rings (SSSR count). The maximum Gasteiger partial charge on any atom is 0.346 e. The summed E-state index contributed by atoms with van der Waals surface area (Å²) in [6.07, 6.45) is 5.18. The fraction of sp³-hybridized carbons (Fsp3) is 0.500. The molecule has 0 bridgehead atoms. The molecule has 1 N–H and O–H groups in total. The topological polar surface area (TPSA) is 77.1 Å². The lowest BCUT2D eigenvalue weighted by atomic mass is 9.88. The van der Waals surface area contributed by atoms with Gasteiger partial charge in [0.1, 0.15) is 22.9 Å². The third kappa shape index (κ3) is 8.25. The summed E-state index contributed by atoms with van der Waals surface area (Å²) in [4.78, 5) is 28.0. The standard InChI is InChI=1S/C32H44N2O5/c1-8-9-10-11-22(2)34(20-24-14-12-23(13-15-24)19-32(3,4)5)30(29-27(35)21-39-31(29)36)33-26-17-16-25(37-6)18-28(26)38-7/h12-18,22,33H,8-11,19-21H2,1-7H3. The van der Waals surface area contributed by atoms with E-state index < -0.39 is 5.97 Å². The second-order valence-corrected chi connectivity index (χ2v) is 11.4. The van der Waals surface area contributed by atoms with Crippen LogP contribution in [-0.2, 0) is 27.3 Å². The van der Waals surface area contributed by atoms with E-state index in [0.717, 1.165) is 37.7 Å². The predicted octanol–water partition coefficient (Wildman–Crippen LogP) is 6.51. The van der Waals surface area contributed by atoms with Crippen LogP contribution in [0.2, 0.25) is 0 Å². The van der Waals surface area contributed by atoms with E-state index in [4.69, 9.17) is 14.2 Å². The van der Waals surface area contributed by atoms with E-state index in [0.29, 0.717) is 29.6 Å². The van der Waals surface area contributed by atoms with E-state index in [2.05, 4.69) is 69.1 Å². The molecule has 0 aliphatic carbocycles. The molecule has 2 aromatic carbocycles. The summed E-state index contributed by atoms with van der Waals surface area (Å²) in [6.45, 7) is 11.3. The third-order valence-electron chi connectivity index (χ3n) is 6.87. The van der Waals surface area contributed by atoms with Crippen LogP contribution in [-0.4, -0.2) is 43.5 Å². The van der Waals surface area contributed by atoms with Gasteiger partial charge in [0, 0.05) is 18.7 Å². The van der Waals surface area contributed by atoms with E-state index in [9.17, 15) is 9.59 Å². The maximum absolute atomic E-state index is 13.0. The zero-order valence-electron chi connectivity index (χ0n) is 24.6. The Kier molecular flexibility index (Phi) is 10.4. The molecule has 0 aromatic heterocycles. The molecule has 1 unspecified atom stereocenters. The first-order valence-corrected chi connectivity index (χ1v) is 13.8. The molecule has 0 radical (unpaired) electrons. The van der Waals surface area contributed by atoms with E-state index in [-0.39, 0.29) is 29.4 Å². The molecule has 2 aromatic rings. The lowest BCUT2D eigenvalue weighted by Gasteiger charge is -2.35. The van der Waals surface area contributed by atoms with Gasteiger partial charge in [-0.05, 0) is 48.4 Å². The van der Waals surface area contributed by atoms with Crippen molar-refractivity contribution >= 4 is 17.4 Å². The third-order valence-corrected chi connectivity index (χ3v) is 6.87. The largest absolute Gasteiger partial charge is 0.497 e. The molecule has 212 valence electrons. The Bertz CT molecular complexity index is 1150. The number of carbonyl (C=O) groups is 2. The van der Waals surface area contributed by atoms with E-state index in [1.807, 2.05) is 12.1 Å². The zero-order chi connectivity index (χ0) is 28.6. The molecule has 0 saturated carbocycles. The summed E-state index contributed by atoms with van der Waals surface area (Å²) < 4.78 is 16.1. The highest BCUT2D eigenvalue weighted by Crippen LogP contribution is 2.33. The second-order valence-electron chi connectivity index (χ2n) is 11.4. The zero-order valence-corrected chi connectivity index (χ0v) is 24.6. The van der Waals surface area contributed by atoms with Crippen molar-refractivity contribution in [3.63, 3.8) is 0 Å². The average Bonchev–Trinajstić information content (AvgIpc) is 3.23. The number of rotatable bonds is 13. The molecule has 1 atom stereocenters. The van der Waals surface area contributed by atoms with Gasteiger partial charge in [-0.1, -0.05) is 71.2 Å². The van der Waals surface area contributed by atoms with Crippen molar-refractivity contribution in [3.8, 4) is 11.5 Å². The number of ether oxygens (including phenoxy) is 3. The van der Waals surface area contributed by atoms with E-state index >= 15 is 0 Å². The van der Waals surface area contributed by atoms with Crippen molar-refractivity contribution < 1.29 is 23.8 Å². The molecule has 1 saturated heterocycles. The van der Waals surface area contributed by atoms with Crippen molar-refractivity contribution in [1.29, 1.82) is 0 Å². The van der Waals surface area contributed by atoms with Gasteiger partial charge in [0.2, 0.25) is 5.78 Å². The van der Waals surface area contributed by atoms with Gasteiger partial charge in [0.15, 0.2) is 6.61 Å². The monoisotopic (exact) mass is 536 g/mol. The van der Waals surface area contributed by atoms with Gasteiger partial charge in [-0.2, -0.15) is 0 Å². The number of methoxy groups -OCH3 is 2. The van der Waals surface area contributed by atoms with Gasteiger partial charge in [0.25, 0.3) is 0 Å². The van der Waals surface area contributed by atoms with Crippen molar-refractivity contribution in [1.82, 2.24) is 4.90 Å². The van der Waals surface area contributed by atoms with Gasteiger partial charge >= 0.3 is 5.97 Å². The van der Waals surface area contributed by atoms with Gasteiger partial charge in [0.05, 0.1) is 19.9 Å². The quantitative estimate of drug-likeness (QED) is 0.135. The molecule has 0 spiro atoms. The normalized spacial score (nSPS) is 15.6. The number of anilines is 1. The van der Waals surface area contributed by atoms with Crippen LogP contribution in [0.5, 0.6) is 11.5 Å². The summed E-state index contributed by atoms with van der Waals surface area (Å²) in [5.41, 5.74) is 3.24. The Morgan fingerprint density at radius 1 is 1.03 bits per heavy atom. The first kappa shape index (κ1) is 30.1. The highest BCUT2D eigenvalue weighted by molar-refractivity contribution is 6.22. The van der Waals surface area contributed by atoms with Crippen LogP contribution >= 0.6 is 0 Å². The van der Waals surface area contributed by atoms with Crippen molar-refractivity contribution in [2.24, 2.45) is 5.41 Å². The SMILES string of the molecule is CCCCCC(C)N(Cc1ccc(CC(C)(C)C)cc1)C(Nc1ccc(OC)cc1OC)=C1C(=O)COC1=O. The maximum atomic E-state index is 13.0. The van der Waals surface area contributed by atoms with Crippen LogP contribution in [0.15, 0.2) is 53.9 Å². The minimum atomic E-state index is -0.610. The van der Waals surface area contributed by atoms with E-state index in [1.165, 1.54) is 5.56 Å². The molecular formula is C32H44N2O5. The molecule has 1 heterocycles. The summed E-state index contributed by atoms with van der Waals surface area (Å²) >= 11 is 0. The fourth-order valence-corrected chi connectivity index (χ4v) is 4.80. The Morgan fingerprint density at radius 2 is 1.72 bits per heavy atom. The number of ketones is 1. The predicted molar refractivity (Wildman–Crippen MR) is 155 cm³/mol. The van der Waals surface area contributed by atoms with E-state index in [1.54, 1.807) is 20.3 Å². The van der Waals surface area contributed by atoms with Crippen molar-refractivity contribution in [3.05, 3.63) is 65.0 Å². The Labute approximate surface area is 233 Å². The number of nitrogens with zero attached hydrogens (tertiary/aromatic N) is 1. The number of nitrogens with one attached hydrogen (secondary N) is 1. The molecule has 1 aliphatic rings. The molecule has 7 heteroatoms. The highest BCUT2D eigenvalue weighted by atomic mass is 16.5. The molecule has 0 amide bonds. The van der Waals surface area contributed by atoms with Crippen molar-refractivity contribution in [2.75, 3.05) is 26.1 Å². The van der Waals surface area contributed by atoms with Crippen LogP contribution in [0.25, 0.3) is 0 Å². The fourth-order valence-electron chi connectivity index (χ4n) is 4.80. The number of Topliss-reactive ketones (excluding diaryl/α,β-unsaturated/α-hetero) is 1. The molecular weight excluding hydrogens is 492 g/mol. The van der Waals surface area contributed by atoms with Gasteiger partial charge in [-0.15, -0.1) is 0 Å². The minimum Gasteiger partial charge on any atom is -0.497 e. The van der Waals surface area contributed by atoms with Gasteiger partial charge in [-0.3, -0.25) is 4.79 Å². The van der Waals surface area contributed by atoms with Gasteiger partial charge < -0.3 is 24.4 Å². The Morgan fingerprint density at radius 3 is 2.28 bits per heavy atom. The molecule has 1 fully saturated rings. The van der Waals surface area contributed by atoms with Crippen LogP contribution in [0.3, 0.4) is 0 Å². The van der Waals surface area contributed by atoms with Gasteiger partial charge in [-0.25, -0.2) is 4.79 Å². The highest BCUT2D eigenvalue weighted by Gasteiger charge is 2.35. The van der Waals surface area contributed by atoms with Crippen LogP contribution in [0, 0.1) is 5.41 Å². The lowest BCUT2D eigenvalue weighted by molar-refractivity contribution is -0.135. The summed E-state index contributed by atoms with van der Waals surface area (Å²) in [6, 6.07) is 14.1. The minimum absolute atomic E-state index is 0.0413. The smallest absolute Gasteiger partial charge is 0.346 e. The number of benzene rings is 2. The first-order valence-electron chi connectivity index (χ1n) is 13.8. The number of unbranched alkanes of at least 4 members (excludes halogenated alkanes) is 2. The number of cyclic esters (lactones) is 1. The summed E-state index contributed by atoms with van der Waals surface area (Å²) in [5.74, 6) is 0.677. The molecule has 1 aliphatic heterocycles. The Balaban J connectivity index is 2.06. The summed E-state index contributed by atoms with van der Waals surface area (Å²) in [7, 11) is 3.17. The summed E-state index contributed by atoms with van der Waals surface area (Å²) in [5, 5.41) is 3.39. The second kappa shape index (κ2) is 13.5. The van der Waals surface area contributed by atoms with Crippen molar-refractivity contribution in [2.45, 2.75) is 79.3 Å². The average molecular weight is 537 g/mol. The number of esters is 1. The first-order chi connectivity index (χ1) is 18.6. The van der Waals surface area contributed by atoms with Crippen LogP contribution in [0.4, 0.5) is 5.69 Å².